The zero-order valence-electron chi connectivity index (χ0n) is 14.9. The van der Waals surface area contributed by atoms with Crippen LogP contribution in [-0.2, 0) is 21.1 Å². The van der Waals surface area contributed by atoms with Crippen LogP contribution in [0.1, 0.15) is 27.0 Å². The molecule has 0 fully saturated rings. The topological polar surface area (TPSA) is 88.5 Å². The molecule has 3 aromatic rings. The Hall–Kier alpha value is -2.99. The molecule has 0 spiro atoms. The van der Waals surface area contributed by atoms with Gasteiger partial charge in [0.2, 0.25) is 0 Å². The monoisotopic (exact) mass is 382 g/mol. The number of aliphatic carboxylic acids is 1. The Kier molecular flexibility index (Phi) is 4.85. The highest BCUT2D eigenvalue weighted by molar-refractivity contribution is 7.90. The Labute approximate surface area is 157 Å². The van der Waals surface area contributed by atoms with Gasteiger partial charge in [0.25, 0.3) is 0 Å². The fourth-order valence-electron chi connectivity index (χ4n) is 3.01. The van der Waals surface area contributed by atoms with Crippen LogP contribution in [0.3, 0.4) is 0 Å². The molecule has 0 radical (unpaired) electrons. The van der Waals surface area contributed by atoms with Gasteiger partial charge in [-0.25, -0.2) is 8.42 Å². The molecule has 0 aliphatic rings. The molecule has 0 aromatic heterocycles. The molecule has 0 bridgehead atoms. The van der Waals surface area contributed by atoms with Gasteiger partial charge >= 0.3 is 5.97 Å². The Morgan fingerprint density at radius 3 is 2.22 bits per heavy atom. The van der Waals surface area contributed by atoms with Crippen molar-refractivity contribution in [2.24, 2.45) is 0 Å². The van der Waals surface area contributed by atoms with Gasteiger partial charge in [0, 0.05) is 17.4 Å². The molecule has 0 aliphatic heterocycles. The van der Waals surface area contributed by atoms with Crippen molar-refractivity contribution in [2.45, 2.75) is 18.2 Å². The summed E-state index contributed by atoms with van der Waals surface area (Å²) in [6, 6.07) is 14.8. The maximum Gasteiger partial charge on any atom is 0.307 e. The Balaban J connectivity index is 2.14. The van der Waals surface area contributed by atoms with Crippen molar-refractivity contribution >= 4 is 32.4 Å². The van der Waals surface area contributed by atoms with Crippen molar-refractivity contribution < 1.29 is 23.1 Å². The largest absolute Gasteiger partial charge is 0.481 e. The Bertz CT molecular complexity index is 1160. The van der Waals surface area contributed by atoms with Crippen molar-refractivity contribution in [3.05, 3.63) is 76.9 Å². The van der Waals surface area contributed by atoms with Gasteiger partial charge in [-0.3, -0.25) is 9.59 Å². The van der Waals surface area contributed by atoms with Crippen LogP contribution in [-0.4, -0.2) is 31.5 Å². The first kappa shape index (κ1) is 18.8. The second kappa shape index (κ2) is 6.96. The first-order valence-corrected chi connectivity index (χ1v) is 10.1. The maximum atomic E-state index is 13.1. The van der Waals surface area contributed by atoms with Crippen molar-refractivity contribution in [1.29, 1.82) is 0 Å². The lowest BCUT2D eigenvalue weighted by Gasteiger charge is -2.10. The van der Waals surface area contributed by atoms with Gasteiger partial charge in [0.15, 0.2) is 15.6 Å². The zero-order chi connectivity index (χ0) is 19.8. The predicted octanol–water partition coefficient (Wildman–Crippen LogP) is 3.41. The van der Waals surface area contributed by atoms with Crippen molar-refractivity contribution in [3.8, 4) is 0 Å². The first-order chi connectivity index (χ1) is 12.6. The lowest BCUT2D eigenvalue weighted by atomic mass is 9.93. The molecule has 3 rings (SSSR count). The minimum atomic E-state index is -3.35. The number of hydrogen-bond acceptors (Lipinski definition) is 4. The molecule has 27 heavy (non-hydrogen) atoms. The van der Waals surface area contributed by atoms with Gasteiger partial charge in [0.1, 0.15) is 0 Å². The van der Waals surface area contributed by atoms with Crippen molar-refractivity contribution in [1.82, 2.24) is 0 Å². The average molecular weight is 382 g/mol. The number of aryl methyl sites for hydroxylation is 1. The van der Waals surface area contributed by atoms with Crippen LogP contribution in [0, 0.1) is 6.92 Å². The van der Waals surface area contributed by atoms with E-state index in [0.717, 1.165) is 22.6 Å². The molecule has 138 valence electrons. The van der Waals surface area contributed by atoms with Crippen LogP contribution in [0.5, 0.6) is 0 Å². The third kappa shape index (κ3) is 4.06. The van der Waals surface area contributed by atoms with E-state index in [0.29, 0.717) is 16.7 Å². The summed E-state index contributed by atoms with van der Waals surface area (Å²) in [7, 11) is -3.35. The van der Waals surface area contributed by atoms with E-state index < -0.39 is 15.8 Å². The van der Waals surface area contributed by atoms with Gasteiger partial charge in [-0.15, -0.1) is 0 Å². The first-order valence-electron chi connectivity index (χ1n) is 8.25. The summed E-state index contributed by atoms with van der Waals surface area (Å²) in [6.07, 6.45) is 0.923. The lowest BCUT2D eigenvalue weighted by molar-refractivity contribution is -0.136. The van der Waals surface area contributed by atoms with Crippen molar-refractivity contribution in [2.75, 3.05) is 6.26 Å². The lowest BCUT2D eigenvalue weighted by Crippen LogP contribution is -2.07. The van der Waals surface area contributed by atoms with E-state index in [-0.39, 0.29) is 17.1 Å². The predicted molar refractivity (Wildman–Crippen MR) is 103 cm³/mol. The Morgan fingerprint density at radius 2 is 1.63 bits per heavy atom. The smallest absolute Gasteiger partial charge is 0.307 e. The standard InChI is InChI=1S/C21H18O5S/c1-13-3-4-16-10-14(12-20(22)23)11-19(18(16)9-13)21(24)15-5-7-17(8-6-15)27(2,25)26/h3-11H,12H2,1-2H3,(H,22,23). The molecule has 0 aliphatic carbocycles. The summed E-state index contributed by atoms with van der Waals surface area (Å²) in [5, 5.41) is 10.6. The van der Waals surface area contributed by atoms with Crippen LogP contribution in [0.15, 0.2) is 59.5 Å². The highest BCUT2D eigenvalue weighted by Crippen LogP contribution is 2.26. The summed E-state index contributed by atoms with van der Waals surface area (Å²) < 4.78 is 23.2. The maximum absolute atomic E-state index is 13.1. The average Bonchev–Trinajstić information content (AvgIpc) is 2.59. The normalized spacial score (nSPS) is 11.5. The molecule has 1 N–H and O–H groups in total. The zero-order valence-corrected chi connectivity index (χ0v) is 15.7. The quantitative estimate of drug-likeness (QED) is 0.683. The number of sulfone groups is 1. The van der Waals surface area contributed by atoms with E-state index in [1.54, 1.807) is 12.1 Å². The molecule has 0 unspecified atom stereocenters. The number of carbonyl (C=O) groups excluding carboxylic acids is 1. The fourth-order valence-corrected chi connectivity index (χ4v) is 3.64. The highest BCUT2D eigenvalue weighted by atomic mass is 32.2. The van der Waals surface area contributed by atoms with Crippen LogP contribution >= 0.6 is 0 Å². The number of carboxylic acids is 1. The van der Waals surface area contributed by atoms with Gasteiger partial charge in [-0.1, -0.05) is 29.8 Å². The van der Waals surface area contributed by atoms with Gasteiger partial charge in [-0.2, -0.15) is 0 Å². The summed E-state index contributed by atoms with van der Waals surface area (Å²) >= 11 is 0. The summed E-state index contributed by atoms with van der Waals surface area (Å²) in [4.78, 5) is 24.3. The molecule has 5 nitrogen and oxygen atoms in total. The third-order valence-electron chi connectivity index (χ3n) is 4.31. The molecular weight excluding hydrogens is 364 g/mol. The second-order valence-corrected chi connectivity index (χ2v) is 8.58. The van der Waals surface area contributed by atoms with Gasteiger partial charge < -0.3 is 5.11 Å². The van der Waals surface area contributed by atoms with Crippen LogP contribution in [0.2, 0.25) is 0 Å². The molecular formula is C21H18O5S. The Morgan fingerprint density at radius 1 is 0.963 bits per heavy atom. The van der Waals surface area contributed by atoms with E-state index >= 15 is 0 Å². The molecule has 0 atom stereocenters. The van der Waals surface area contributed by atoms with Gasteiger partial charge in [0.05, 0.1) is 11.3 Å². The second-order valence-electron chi connectivity index (χ2n) is 6.56. The number of hydrogen-bond donors (Lipinski definition) is 1. The number of carbonyl (C=O) groups is 2. The minimum Gasteiger partial charge on any atom is -0.481 e. The third-order valence-corrected chi connectivity index (χ3v) is 5.44. The minimum absolute atomic E-state index is 0.138. The number of fused-ring (bicyclic) bond motifs is 1. The summed E-state index contributed by atoms with van der Waals surface area (Å²) in [6.45, 7) is 1.92. The van der Waals surface area contributed by atoms with E-state index in [9.17, 15) is 18.0 Å². The molecule has 0 heterocycles. The molecule has 6 heteroatoms. The summed E-state index contributed by atoms with van der Waals surface area (Å²) in [5.41, 5.74) is 2.27. The van der Waals surface area contributed by atoms with Crippen LogP contribution in [0.25, 0.3) is 10.8 Å². The SMILES string of the molecule is Cc1ccc2cc(CC(=O)O)cc(C(=O)c3ccc(S(C)(=O)=O)cc3)c2c1. The van der Waals surface area contributed by atoms with E-state index in [2.05, 4.69) is 0 Å². The fraction of sp³-hybridized carbons (Fsp3) is 0.143. The molecule has 0 saturated carbocycles. The van der Waals surface area contributed by atoms with Crippen molar-refractivity contribution in [3.63, 3.8) is 0 Å². The van der Waals surface area contributed by atoms with Gasteiger partial charge in [-0.05, 0) is 53.6 Å². The number of benzene rings is 3. The van der Waals surface area contributed by atoms with Crippen LogP contribution < -0.4 is 0 Å². The molecule has 0 saturated heterocycles. The highest BCUT2D eigenvalue weighted by Gasteiger charge is 2.16. The summed E-state index contributed by atoms with van der Waals surface area (Å²) in [5.74, 6) is -1.25. The number of carboxylic acid groups (broad SMARTS) is 1. The number of ketones is 1. The molecule has 0 amide bonds. The van der Waals surface area contributed by atoms with E-state index in [1.807, 2.05) is 25.1 Å². The van der Waals surface area contributed by atoms with Crippen LogP contribution in [0.4, 0.5) is 0 Å². The molecule has 3 aromatic carbocycles. The number of rotatable bonds is 5. The van der Waals surface area contributed by atoms with E-state index in [1.165, 1.54) is 24.3 Å². The van der Waals surface area contributed by atoms with E-state index in [4.69, 9.17) is 5.11 Å².